The molecule has 1 saturated heterocycles. The van der Waals surface area contributed by atoms with E-state index >= 15 is 8.78 Å². The van der Waals surface area contributed by atoms with Crippen molar-refractivity contribution in [1.29, 1.82) is 0 Å². The van der Waals surface area contributed by atoms with E-state index in [0.717, 1.165) is 53.8 Å². The zero-order valence-electron chi connectivity index (χ0n) is 21.4. The Morgan fingerprint density at radius 3 is 2.24 bits per heavy atom. The molecule has 1 aliphatic heterocycles. The number of nitrogens with zero attached hydrogens (tertiary/aromatic N) is 3. The fourth-order valence-corrected chi connectivity index (χ4v) is 4.73. The van der Waals surface area contributed by atoms with Crippen LogP contribution in [0.25, 0.3) is 0 Å². The van der Waals surface area contributed by atoms with E-state index in [0.29, 0.717) is 4.57 Å². The summed E-state index contributed by atoms with van der Waals surface area (Å²) in [6.07, 6.45) is -1.12. The van der Waals surface area contributed by atoms with Crippen LogP contribution in [-0.4, -0.2) is 53.6 Å². The number of ether oxygens (including phenoxy) is 2. The molecule has 1 unspecified atom stereocenters. The maximum atomic E-state index is 15.2. The van der Waals surface area contributed by atoms with E-state index in [2.05, 4.69) is 15.0 Å². The number of benzene rings is 2. The summed E-state index contributed by atoms with van der Waals surface area (Å²) in [6, 6.07) is 3.31. The Kier molecular flexibility index (Phi) is 8.54. The van der Waals surface area contributed by atoms with Gasteiger partial charge in [-0.2, -0.15) is 8.78 Å². The minimum Gasteiger partial charge on any atom is -0.497 e. The number of hydrogen-bond donors (Lipinski definition) is 1. The molecule has 1 aliphatic rings. The van der Waals surface area contributed by atoms with Gasteiger partial charge >= 0.3 is 6.61 Å². The number of hydrogen-bond acceptors (Lipinski definition) is 6. The third kappa shape index (κ3) is 5.98. The Balaban J connectivity index is 1.77. The van der Waals surface area contributed by atoms with Crippen LogP contribution in [0.4, 0.5) is 32.0 Å². The summed E-state index contributed by atoms with van der Waals surface area (Å²) in [5, 5.41) is 2.40. The molecule has 41 heavy (non-hydrogen) atoms. The molecule has 1 N–H and O–H groups in total. The van der Waals surface area contributed by atoms with Gasteiger partial charge in [-0.25, -0.2) is 22.5 Å². The van der Waals surface area contributed by atoms with Gasteiger partial charge in [0, 0.05) is 35.2 Å². The highest BCUT2D eigenvalue weighted by atomic mass is 19.3. The molecule has 0 bridgehead atoms. The molecule has 4 rings (SSSR count). The molecule has 15 heteroatoms. The van der Waals surface area contributed by atoms with E-state index in [1.807, 2.05) is 0 Å². The van der Waals surface area contributed by atoms with E-state index in [-0.39, 0.29) is 17.1 Å². The van der Waals surface area contributed by atoms with Crippen LogP contribution in [0.5, 0.6) is 11.5 Å². The van der Waals surface area contributed by atoms with Gasteiger partial charge in [-0.3, -0.25) is 19.0 Å². The molecule has 0 saturated carbocycles. The smallest absolute Gasteiger partial charge is 0.387 e. The Bertz CT molecular complexity index is 1480. The summed E-state index contributed by atoms with van der Waals surface area (Å²) < 4.78 is 91.1. The SMILES string of the molecule is COc1cc(F)c([C@H]2C(NC(=O)c3ccc(OC(F)F)cc3)C(=O)N(c3cncn(CC(F)F)c3=O)[C@H]2C)c(F)c1. The molecular weight excluding hydrogens is 562 g/mol. The molecule has 218 valence electrons. The highest BCUT2D eigenvalue weighted by molar-refractivity contribution is 6.05. The van der Waals surface area contributed by atoms with Gasteiger partial charge in [-0.1, -0.05) is 0 Å². The molecule has 0 radical (unpaired) electrons. The standard InChI is InChI=1S/C26H22F6N4O5/c1-12-20(21-16(27)7-15(40-2)8-17(21)28)22(34-23(37)13-3-5-14(6-4-13)41-26(31)32)25(39)36(12)18-9-33-11-35(24(18)38)10-19(29)30/h3-9,11-12,19-20,22,26H,10H2,1-2H3,(H,34,37)/t12-,20-,22?/m0/s1. The Labute approximate surface area is 228 Å². The Hall–Kier alpha value is -4.56. The first-order chi connectivity index (χ1) is 19.4. The van der Waals surface area contributed by atoms with Crippen molar-refractivity contribution in [1.82, 2.24) is 14.9 Å². The molecule has 0 spiro atoms. The number of aromatic nitrogens is 2. The number of methoxy groups -OCH3 is 1. The molecule has 3 atom stereocenters. The zero-order chi connectivity index (χ0) is 30.0. The van der Waals surface area contributed by atoms with Gasteiger partial charge in [0.2, 0.25) is 0 Å². The highest BCUT2D eigenvalue weighted by Crippen LogP contribution is 2.40. The summed E-state index contributed by atoms with van der Waals surface area (Å²) >= 11 is 0. The molecule has 1 aromatic heterocycles. The summed E-state index contributed by atoms with van der Waals surface area (Å²) in [6.45, 7) is -2.77. The van der Waals surface area contributed by atoms with Crippen molar-refractivity contribution in [3.05, 3.63) is 82.0 Å². The number of amides is 2. The van der Waals surface area contributed by atoms with Crippen molar-refractivity contribution in [3.8, 4) is 11.5 Å². The van der Waals surface area contributed by atoms with Crippen LogP contribution in [0.15, 0.2) is 53.7 Å². The van der Waals surface area contributed by atoms with Gasteiger partial charge < -0.3 is 19.7 Å². The second kappa shape index (κ2) is 11.9. The lowest BCUT2D eigenvalue weighted by atomic mass is 9.87. The predicted octanol–water partition coefficient (Wildman–Crippen LogP) is 3.71. The maximum absolute atomic E-state index is 15.2. The zero-order valence-corrected chi connectivity index (χ0v) is 21.4. The van der Waals surface area contributed by atoms with E-state index < -0.39 is 77.8 Å². The van der Waals surface area contributed by atoms with Crippen LogP contribution < -0.4 is 25.2 Å². The van der Waals surface area contributed by atoms with Crippen molar-refractivity contribution in [3.63, 3.8) is 0 Å². The lowest BCUT2D eigenvalue weighted by molar-refractivity contribution is -0.118. The van der Waals surface area contributed by atoms with Gasteiger partial charge in [0.1, 0.15) is 34.9 Å². The Morgan fingerprint density at radius 2 is 1.68 bits per heavy atom. The second-order valence-corrected chi connectivity index (χ2v) is 8.96. The number of carbonyl (C=O) groups is 2. The number of alkyl halides is 4. The van der Waals surface area contributed by atoms with E-state index in [4.69, 9.17) is 4.74 Å². The Morgan fingerprint density at radius 1 is 1.05 bits per heavy atom. The molecule has 9 nitrogen and oxygen atoms in total. The van der Waals surface area contributed by atoms with Crippen LogP contribution in [0, 0.1) is 11.6 Å². The van der Waals surface area contributed by atoms with Crippen LogP contribution >= 0.6 is 0 Å². The maximum Gasteiger partial charge on any atom is 0.387 e. The number of halogens is 6. The van der Waals surface area contributed by atoms with Crippen molar-refractivity contribution in [2.24, 2.45) is 0 Å². The monoisotopic (exact) mass is 584 g/mol. The summed E-state index contributed by atoms with van der Waals surface area (Å²) in [5.74, 6) is -5.94. The largest absolute Gasteiger partial charge is 0.497 e. The van der Waals surface area contributed by atoms with Gasteiger partial charge in [0.25, 0.3) is 23.8 Å². The molecule has 3 aromatic rings. The van der Waals surface area contributed by atoms with E-state index in [9.17, 15) is 31.9 Å². The van der Waals surface area contributed by atoms with E-state index in [1.165, 1.54) is 14.0 Å². The normalized spacial score (nSPS) is 18.7. The lowest BCUT2D eigenvalue weighted by Gasteiger charge is -2.25. The van der Waals surface area contributed by atoms with Gasteiger partial charge in [0.15, 0.2) is 0 Å². The molecule has 2 aromatic carbocycles. The summed E-state index contributed by atoms with van der Waals surface area (Å²) in [5.41, 5.74) is -2.18. The van der Waals surface area contributed by atoms with Crippen molar-refractivity contribution >= 4 is 17.5 Å². The minimum absolute atomic E-state index is 0.111. The average Bonchev–Trinajstić information content (AvgIpc) is 3.13. The number of rotatable bonds is 9. The first-order valence-electron chi connectivity index (χ1n) is 12.0. The predicted molar refractivity (Wildman–Crippen MR) is 131 cm³/mol. The quantitative estimate of drug-likeness (QED) is 0.385. The minimum atomic E-state index is -3.11. The van der Waals surface area contributed by atoms with Crippen LogP contribution in [0.2, 0.25) is 0 Å². The second-order valence-electron chi connectivity index (χ2n) is 8.96. The van der Waals surface area contributed by atoms with Crippen LogP contribution in [0.3, 0.4) is 0 Å². The van der Waals surface area contributed by atoms with E-state index in [1.54, 1.807) is 0 Å². The van der Waals surface area contributed by atoms with Crippen molar-refractivity contribution < 1.29 is 45.4 Å². The first kappa shape index (κ1) is 29.4. The average molecular weight is 584 g/mol. The third-order valence-electron chi connectivity index (χ3n) is 6.52. The number of carbonyl (C=O) groups excluding carboxylic acids is 2. The molecule has 2 heterocycles. The molecule has 0 aliphatic carbocycles. The van der Waals surface area contributed by atoms with Gasteiger partial charge in [-0.15, -0.1) is 0 Å². The first-order valence-corrected chi connectivity index (χ1v) is 12.0. The molecule has 1 fully saturated rings. The number of anilines is 1. The highest BCUT2D eigenvalue weighted by Gasteiger charge is 2.51. The van der Waals surface area contributed by atoms with Crippen molar-refractivity contribution in [2.75, 3.05) is 12.0 Å². The summed E-state index contributed by atoms with van der Waals surface area (Å²) in [4.78, 5) is 44.3. The fraction of sp³-hybridized carbons (Fsp3) is 0.308. The van der Waals surface area contributed by atoms with Gasteiger partial charge in [-0.05, 0) is 31.2 Å². The van der Waals surface area contributed by atoms with Crippen molar-refractivity contribution in [2.45, 2.75) is 44.5 Å². The fourth-order valence-electron chi connectivity index (χ4n) is 4.73. The number of nitrogens with one attached hydrogen (secondary N) is 1. The van der Waals surface area contributed by atoms with Gasteiger partial charge in [0.05, 0.1) is 26.2 Å². The van der Waals surface area contributed by atoms with Crippen LogP contribution in [-0.2, 0) is 11.3 Å². The summed E-state index contributed by atoms with van der Waals surface area (Å²) in [7, 11) is 1.19. The van der Waals surface area contributed by atoms with Crippen LogP contribution in [0.1, 0.15) is 28.8 Å². The third-order valence-corrected chi connectivity index (χ3v) is 6.52. The molecule has 2 amide bonds. The molecular formula is C26H22F6N4O5. The topological polar surface area (TPSA) is 103 Å². The lowest BCUT2D eigenvalue weighted by Crippen LogP contribution is -2.45.